The maximum absolute atomic E-state index is 5.99. The predicted molar refractivity (Wildman–Crippen MR) is 83.9 cm³/mol. The Morgan fingerprint density at radius 3 is 2.11 bits per heavy atom. The van der Waals surface area contributed by atoms with Crippen LogP contribution in [0.4, 0.5) is 5.69 Å². The summed E-state index contributed by atoms with van der Waals surface area (Å²) in [5.41, 5.74) is 11.6. The second-order valence-corrected chi connectivity index (χ2v) is 6.41. The molecule has 1 aliphatic rings. The van der Waals surface area contributed by atoms with Crippen LogP contribution in [-0.4, -0.2) is 19.6 Å². The van der Waals surface area contributed by atoms with Crippen molar-refractivity contribution >= 4 is 5.69 Å². The zero-order valence-electron chi connectivity index (χ0n) is 12.9. The van der Waals surface area contributed by atoms with Crippen molar-refractivity contribution in [3.63, 3.8) is 0 Å². The minimum absolute atomic E-state index is 0.449. The number of hydrogen-bond acceptors (Lipinski definition) is 2. The van der Waals surface area contributed by atoms with E-state index in [0.717, 1.165) is 12.5 Å². The van der Waals surface area contributed by atoms with Crippen molar-refractivity contribution < 1.29 is 0 Å². The smallest absolute Gasteiger partial charge is 0.0423 e. The minimum Gasteiger partial charge on any atom is -0.374 e. The van der Waals surface area contributed by atoms with E-state index in [1.807, 2.05) is 0 Å². The van der Waals surface area contributed by atoms with Crippen LogP contribution >= 0.6 is 0 Å². The summed E-state index contributed by atoms with van der Waals surface area (Å²) >= 11 is 0. The number of nitrogens with two attached hydrogens (primary N) is 1. The summed E-state index contributed by atoms with van der Waals surface area (Å²) in [7, 11) is 2.24. The Bertz CT molecular complexity index is 408. The molecule has 1 aliphatic carbocycles. The molecule has 1 aromatic rings. The molecule has 2 N–H and O–H groups in total. The Morgan fingerprint density at radius 1 is 1.05 bits per heavy atom. The van der Waals surface area contributed by atoms with Gasteiger partial charge in [0.15, 0.2) is 0 Å². The van der Waals surface area contributed by atoms with Gasteiger partial charge in [0.25, 0.3) is 0 Å². The molecule has 1 saturated carbocycles. The quantitative estimate of drug-likeness (QED) is 0.900. The van der Waals surface area contributed by atoms with Crippen molar-refractivity contribution in [1.29, 1.82) is 0 Å². The van der Waals surface area contributed by atoms with Crippen molar-refractivity contribution in [2.45, 2.75) is 52.5 Å². The molecule has 0 amide bonds. The Hall–Kier alpha value is -1.02. The lowest BCUT2D eigenvalue weighted by molar-refractivity contribution is 0.330. The SMILES string of the molecule is Cc1cc(C)c(N(C)CC2CCC(N)CC2)c(C)c1. The van der Waals surface area contributed by atoms with Gasteiger partial charge in [-0.05, 0) is 63.5 Å². The molecule has 0 radical (unpaired) electrons. The summed E-state index contributed by atoms with van der Waals surface area (Å²) in [6.45, 7) is 7.79. The average molecular weight is 260 g/mol. The van der Waals surface area contributed by atoms with Gasteiger partial charge < -0.3 is 10.6 Å². The lowest BCUT2D eigenvalue weighted by Gasteiger charge is -2.32. The molecule has 19 heavy (non-hydrogen) atoms. The third-order valence-electron chi connectivity index (χ3n) is 4.44. The monoisotopic (exact) mass is 260 g/mol. The van der Waals surface area contributed by atoms with Gasteiger partial charge in [0.2, 0.25) is 0 Å². The highest BCUT2D eigenvalue weighted by atomic mass is 15.1. The van der Waals surface area contributed by atoms with E-state index in [-0.39, 0.29) is 0 Å². The minimum atomic E-state index is 0.449. The highest BCUT2D eigenvalue weighted by Crippen LogP contribution is 2.29. The maximum atomic E-state index is 5.99. The van der Waals surface area contributed by atoms with Crippen LogP contribution in [0.15, 0.2) is 12.1 Å². The van der Waals surface area contributed by atoms with Gasteiger partial charge in [-0.3, -0.25) is 0 Å². The van der Waals surface area contributed by atoms with E-state index in [1.165, 1.54) is 48.1 Å². The highest BCUT2D eigenvalue weighted by Gasteiger charge is 2.20. The Kier molecular flexibility index (Phi) is 4.51. The van der Waals surface area contributed by atoms with Gasteiger partial charge in [0.05, 0.1) is 0 Å². The number of hydrogen-bond donors (Lipinski definition) is 1. The van der Waals surface area contributed by atoms with E-state index in [9.17, 15) is 0 Å². The molecule has 106 valence electrons. The van der Waals surface area contributed by atoms with Crippen LogP contribution in [0.25, 0.3) is 0 Å². The van der Waals surface area contributed by atoms with Crippen LogP contribution < -0.4 is 10.6 Å². The third-order valence-corrected chi connectivity index (χ3v) is 4.44. The summed E-state index contributed by atoms with van der Waals surface area (Å²) in [6, 6.07) is 5.02. The summed E-state index contributed by atoms with van der Waals surface area (Å²) in [4.78, 5) is 2.45. The van der Waals surface area contributed by atoms with E-state index in [1.54, 1.807) is 0 Å². The average Bonchev–Trinajstić information content (AvgIpc) is 2.30. The predicted octanol–water partition coefficient (Wildman–Crippen LogP) is 3.57. The first kappa shape index (κ1) is 14.4. The van der Waals surface area contributed by atoms with Crippen LogP contribution in [0.5, 0.6) is 0 Å². The van der Waals surface area contributed by atoms with Gasteiger partial charge in [-0.15, -0.1) is 0 Å². The van der Waals surface area contributed by atoms with E-state index < -0.39 is 0 Å². The number of nitrogens with zero attached hydrogens (tertiary/aromatic N) is 1. The summed E-state index contributed by atoms with van der Waals surface area (Å²) in [6.07, 6.45) is 4.97. The van der Waals surface area contributed by atoms with Crippen molar-refractivity contribution in [2.24, 2.45) is 11.7 Å². The molecule has 0 saturated heterocycles. The third kappa shape index (κ3) is 3.50. The number of anilines is 1. The summed E-state index contributed by atoms with van der Waals surface area (Å²) in [5, 5.41) is 0. The van der Waals surface area contributed by atoms with Crippen molar-refractivity contribution in [3.05, 3.63) is 28.8 Å². The molecule has 0 aliphatic heterocycles. The van der Waals surface area contributed by atoms with E-state index >= 15 is 0 Å². The van der Waals surface area contributed by atoms with Gasteiger partial charge in [0, 0.05) is 25.3 Å². The van der Waals surface area contributed by atoms with E-state index in [2.05, 4.69) is 44.9 Å². The summed E-state index contributed by atoms with van der Waals surface area (Å²) < 4.78 is 0. The van der Waals surface area contributed by atoms with Crippen LogP contribution in [0.1, 0.15) is 42.4 Å². The largest absolute Gasteiger partial charge is 0.374 e. The lowest BCUT2D eigenvalue weighted by atomic mass is 9.86. The van der Waals surface area contributed by atoms with E-state index in [4.69, 9.17) is 5.73 Å². The van der Waals surface area contributed by atoms with Gasteiger partial charge in [-0.2, -0.15) is 0 Å². The van der Waals surface area contributed by atoms with Crippen LogP contribution in [0.3, 0.4) is 0 Å². The lowest BCUT2D eigenvalue weighted by Crippen LogP contribution is -2.33. The van der Waals surface area contributed by atoms with Gasteiger partial charge in [0.1, 0.15) is 0 Å². The zero-order chi connectivity index (χ0) is 14.0. The zero-order valence-corrected chi connectivity index (χ0v) is 12.9. The number of benzene rings is 1. The molecule has 1 aromatic carbocycles. The first-order chi connectivity index (χ1) is 8.97. The van der Waals surface area contributed by atoms with Gasteiger partial charge in [-0.1, -0.05) is 17.7 Å². The van der Waals surface area contributed by atoms with Crippen LogP contribution in [0.2, 0.25) is 0 Å². The maximum Gasteiger partial charge on any atom is 0.0423 e. The number of rotatable bonds is 3. The fourth-order valence-corrected chi connectivity index (χ4v) is 3.62. The topological polar surface area (TPSA) is 29.3 Å². The van der Waals surface area contributed by atoms with Gasteiger partial charge >= 0.3 is 0 Å². The van der Waals surface area contributed by atoms with Crippen LogP contribution in [0, 0.1) is 26.7 Å². The molecule has 1 fully saturated rings. The molecule has 0 unspecified atom stereocenters. The van der Waals surface area contributed by atoms with Crippen LogP contribution in [-0.2, 0) is 0 Å². The summed E-state index contributed by atoms with van der Waals surface area (Å²) in [5.74, 6) is 0.810. The first-order valence-electron chi connectivity index (χ1n) is 7.52. The molecule has 0 aromatic heterocycles. The highest BCUT2D eigenvalue weighted by molar-refractivity contribution is 5.59. The Balaban J connectivity index is 2.06. The molecule has 2 rings (SSSR count). The van der Waals surface area contributed by atoms with Gasteiger partial charge in [-0.25, -0.2) is 0 Å². The molecular formula is C17H28N2. The normalized spacial score (nSPS) is 23.4. The molecule has 2 heteroatoms. The second-order valence-electron chi connectivity index (χ2n) is 6.41. The van der Waals surface area contributed by atoms with Crippen molar-refractivity contribution in [2.75, 3.05) is 18.5 Å². The van der Waals surface area contributed by atoms with E-state index in [0.29, 0.717) is 6.04 Å². The first-order valence-corrected chi connectivity index (χ1v) is 7.52. The van der Waals surface area contributed by atoms with Crippen molar-refractivity contribution in [1.82, 2.24) is 0 Å². The standard InChI is InChI=1S/C17H28N2/c1-12-9-13(2)17(14(3)10-12)19(4)11-15-5-7-16(18)8-6-15/h9-10,15-16H,5-8,11,18H2,1-4H3. The molecule has 0 atom stereocenters. The number of aryl methyl sites for hydroxylation is 3. The Labute approximate surface area is 118 Å². The molecule has 2 nitrogen and oxygen atoms in total. The van der Waals surface area contributed by atoms with Crippen molar-refractivity contribution in [3.8, 4) is 0 Å². The fraction of sp³-hybridized carbons (Fsp3) is 0.647. The Morgan fingerprint density at radius 2 is 1.58 bits per heavy atom. The molecule has 0 spiro atoms. The second kappa shape index (κ2) is 5.96. The molecular weight excluding hydrogens is 232 g/mol. The fourth-order valence-electron chi connectivity index (χ4n) is 3.62. The molecule has 0 heterocycles. The molecule has 0 bridgehead atoms.